The summed E-state index contributed by atoms with van der Waals surface area (Å²) in [5.74, 6) is 0.491. The number of nitrogens with zero attached hydrogens (tertiary/aromatic N) is 3. The molecule has 2 aliphatic heterocycles. The van der Waals surface area contributed by atoms with Crippen LogP contribution in [0.4, 0.5) is 5.69 Å². The largest absolute Gasteiger partial charge is 0.494 e. The number of hydrogen-bond donors (Lipinski definition) is 0. The Hall–Kier alpha value is -1.74. The van der Waals surface area contributed by atoms with Crippen LogP contribution in [-0.4, -0.2) is 60.4 Å². The Morgan fingerprint density at radius 3 is 2.41 bits per heavy atom. The van der Waals surface area contributed by atoms with Crippen LogP contribution in [0.2, 0.25) is 0 Å². The second kappa shape index (κ2) is 8.95. The summed E-state index contributed by atoms with van der Waals surface area (Å²) in [6.45, 7) is 6.83. The maximum atomic E-state index is 13.0. The van der Waals surface area contributed by atoms with Crippen LogP contribution in [0.25, 0.3) is 0 Å². The van der Waals surface area contributed by atoms with Crippen molar-refractivity contribution in [3.8, 4) is 5.75 Å². The number of benzene rings is 1. The molecule has 2 amide bonds. The minimum Gasteiger partial charge on any atom is -0.494 e. The third kappa shape index (κ3) is 4.55. The molecule has 29 heavy (non-hydrogen) atoms. The number of piperazine rings is 1. The maximum absolute atomic E-state index is 13.0. The van der Waals surface area contributed by atoms with Gasteiger partial charge in [-0.2, -0.15) is 0 Å². The number of imide groups is 1. The van der Waals surface area contributed by atoms with Gasteiger partial charge in [-0.25, -0.2) is 4.90 Å². The SMILES string of the molecule is CCOc1ccc(N2C(=O)C[C@H](N3CCN(Cc4ccc(Br)s4)CC3)C2=O)cc1. The Bertz CT molecular complexity index is 878. The van der Waals surface area contributed by atoms with Crippen LogP contribution in [0.5, 0.6) is 5.75 Å². The molecule has 1 aromatic carbocycles. The number of carbonyl (C=O) groups is 2. The molecule has 6 nitrogen and oxygen atoms in total. The van der Waals surface area contributed by atoms with Crippen molar-refractivity contribution < 1.29 is 14.3 Å². The van der Waals surface area contributed by atoms with E-state index in [1.165, 1.54) is 9.78 Å². The van der Waals surface area contributed by atoms with Crippen molar-refractivity contribution in [2.24, 2.45) is 0 Å². The summed E-state index contributed by atoms with van der Waals surface area (Å²) in [7, 11) is 0. The van der Waals surface area contributed by atoms with E-state index in [2.05, 4.69) is 37.9 Å². The van der Waals surface area contributed by atoms with E-state index < -0.39 is 0 Å². The number of rotatable bonds is 6. The minimum atomic E-state index is -0.355. The summed E-state index contributed by atoms with van der Waals surface area (Å²) in [4.78, 5) is 32.8. The van der Waals surface area contributed by atoms with Crippen LogP contribution < -0.4 is 9.64 Å². The van der Waals surface area contributed by atoms with Gasteiger partial charge in [0.05, 0.1) is 28.5 Å². The number of amides is 2. The van der Waals surface area contributed by atoms with Crippen molar-refractivity contribution >= 4 is 44.8 Å². The molecule has 1 aromatic heterocycles. The molecular weight excluding hydrogens is 454 g/mol. The molecule has 0 radical (unpaired) electrons. The molecule has 2 aliphatic rings. The van der Waals surface area contributed by atoms with Gasteiger partial charge in [-0.15, -0.1) is 11.3 Å². The first kappa shape index (κ1) is 20.5. The molecule has 154 valence electrons. The van der Waals surface area contributed by atoms with Crippen LogP contribution in [0.15, 0.2) is 40.2 Å². The number of halogens is 1. The Labute approximate surface area is 183 Å². The second-order valence-electron chi connectivity index (χ2n) is 7.23. The normalized spacial score (nSPS) is 21.2. The highest BCUT2D eigenvalue weighted by Crippen LogP contribution is 2.28. The lowest BCUT2D eigenvalue weighted by Crippen LogP contribution is -2.52. The highest BCUT2D eigenvalue weighted by Gasteiger charge is 2.43. The fourth-order valence-electron chi connectivity index (χ4n) is 3.92. The summed E-state index contributed by atoms with van der Waals surface area (Å²) in [6, 6.07) is 11.0. The smallest absolute Gasteiger partial charge is 0.251 e. The van der Waals surface area contributed by atoms with Crippen molar-refractivity contribution in [1.29, 1.82) is 0 Å². The van der Waals surface area contributed by atoms with Gasteiger partial charge in [0.1, 0.15) is 5.75 Å². The van der Waals surface area contributed by atoms with Gasteiger partial charge in [0.2, 0.25) is 5.91 Å². The van der Waals surface area contributed by atoms with Gasteiger partial charge in [0.15, 0.2) is 0 Å². The molecule has 0 spiro atoms. The number of thiophene rings is 1. The highest BCUT2D eigenvalue weighted by atomic mass is 79.9. The zero-order valence-electron chi connectivity index (χ0n) is 16.3. The topological polar surface area (TPSA) is 53.1 Å². The van der Waals surface area contributed by atoms with Gasteiger partial charge in [-0.05, 0) is 59.3 Å². The first-order valence-electron chi connectivity index (χ1n) is 9.85. The fraction of sp³-hybridized carbons (Fsp3) is 0.429. The minimum absolute atomic E-state index is 0.116. The van der Waals surface area contributed by atoms with E-state index in [1.54, 1.807) is 35.6 Å². The van der Waals surface area contributed by atoms with Gasteiger partial charge >= 0.3 is 0 Å². The van der Waals surface area contributed by atoms with Crippen molar-refractivity contribution in [2.45, 2.75) is 25.9 Å². The van der Waals surface area contributed by atoms with Crippen LogP contribution in [0, 0.1) is 0 Å². The highest BCUT2D eigenvalue weighted by molar-refractivity contribution is 9.11. The van der Waals surface area contributed by atoms with Crippen molar-refractivity contribution in [2.75, 3.05) is 37.7 Å². The molecule has 2 saturated heterocycles. The Morgan fingerprint density at radius 1 is 1.07 bits per heavy atom. The Kier molecular flexibility index (Phi) is 6.34. The number of hydrogen-bond acceptors (Lipinski definition) is 6. The molecule has 4 rings (SSSR count). The van der Waals surface area contributed by atoms with Crippen molar-refractivity contribution in [1.82, 2.24) is 9.80 Å². The fourth-order valence-corrected chi connectivity index (χ4v) is 5.45. The van der Waals surface area contributed by atoms with Gasteiger partial charge < -0.3 is 4.74 Å². The van der Waals surface area contributed by atoms with Crippen LogP contribution in [-0.2, 0) is 16.1 Å². The first-order valence-corrected chi connectivity index (χ1v) is 11.5. The summed E-state index contributed by atoms with van der Waals surface area (Å²) in [5, 5.41) is 0. The van der Waals surface area contributed by atoms with E-state index in [9.17, 15) is 9.59 Å². The number of ether oxygens (including phenoxy) is 1. The molecule has 2 fully saturated rings. The summed E-state index contributed by atoms with van der Waals surface area (Å²) in [6.07, 6.45) is 0.254. The molecule has 1 atom stereocenters. The predicted octanol–water partition coefficient (Wildman–Crippen LogP) is 3.36. The van der Waals surface area contributed by atoms with E-state index >= 15 is 0 Å². The van der Waals surface area contributed by atoms with Crippen LogP contribution in [0.1, 0.15) is 18.2 Å². The third-order valence-corrected chi connectivity index (χ3v) is 6.99. The van der Waals surface area contributed by atoms with E-state index in [0.717, 1.165) is 42.3 Å². The number of carbonyl (C=O) groups excluding carboxylic acids is 2. The molecule has 2 aromatic rings. The zero-order chi connectivity index (χ0) is 20.4. The van der Waals surface area contributed by atoms with E-state index in [1.807, 2.05) is 6.92 Å². The second-order valence-corrected chi connectivity index (χ2v) is 9.78. The van der Waals surface area contributed by atoms with Crippen molar-refractivity contribution in [3.05, 3.63) is 45.1 Å². The lowest BCUT2D eigenvalue weighted by molar-refractivity contribution is -0.123. The van der Waals surface area contributed by atoms with Crippen molar-refractivity contribution in [3.63, 3.8) is 0 Å². The van der Waals surface area contributed by atoms with E-state index in [0.29, 0.717) is 12.3 Å². The lowest BCUT2D eigenvalue weighted by Gasteiger charge is -2.36. The molecule has 8 heteroatoms. The molecule has 0 saturated carbocycles. The molecule has 0 aliphatic carbocycles. The lowest BCUT2D eigenvalue weighted by atomic mass is 10.1. The zero-order valence-corrected chi connectivity index (χ0v) is 18.7. The number of anilines is 1. The van der Waals surface area contributed by atoms with Gasteiger partial charge in [0.25, 0.3) is 5.91 Å². The van der Waals surface area contributed by atoms with E-state index in [-0.39, 0.29) is 24.3 Å². The van der Waals surface area contributed by atoms with E-state index in [4.69, 9.17) is 4.74 Å². The Balaban J connectivity index is 1.36. The Morgan fingerprint density at radius 2 is 1.79 bits per heavy atom. The summed E-state index contributed by atoms with van der Waals surface area (Å²) >= 11 is 5.27. The van der Waals surface area contributed by atoms with Gasteiger partial charge in [0, 0.05) is 37.6 Å². The standard InChI is InChI=1S/C21H24BrN3O3S/c1-2-28-16-5-3-15(4-6-16)25-20(26)13-18(21(25)27)24-11-9-23(10-12-24)14-17-7-8-19(22)29-17/h3-8,18H,2,9-14H2,1H3/t18-/m0/s1. The molecule has 3 heterocycles. The van der Waals surface area contributed by atoms with Crippen LogP contribution in [0.3, 0.4) is 0 Å². The molecule has 0 N–H and O–H groups in total. The van der Waals surface area contributed by atoms with Gasteiger partial charge in [-0.1, -0.05) is 0 Å². The average Bonchev–Trinajstić information content (AvgIpc) is 3.26. The monoisotopic (exact) mass is 477 g/mol. The average molecular weight is 478 g/mol. The molecular formula is C21H24BrN3O3S. The molecule has 0 bridgehead atoms. The first-order chi connectivity index (χ1) is 14.0. The maximum Gasteiger partial charge on any atom is 0.251 e. The quantitative estimate of drug-likeness (QED) is 0.597. The third-order valence-electron chi connectivity index (χ3n) is 5.38. The van der Waals surface area contributed by atoms with Gasteiger partial charge in [-0.3, -0.25) is 19.4 Å². The summed E-state index contributed by atoms with van der Waals surface area (Å²) in [5.41, 5.74) is 0.618. The predicted molar refractivity (Wildman–Crippen MR) is 117 cm³/mol. The summed E-state index contributed by atoms with van der Waals surface area (Å²) < 4.78 is 6.59. The van der Waals surface area contributed by atoms with Crippen LogP contribution >= 0.6 is 27.3 Å². The molecule has 0 unspecified atom stereocenters.